The van der Waals surface area contributed by atoms with Gasteiger partial charge in [0.25, 0.3) is 0 Å². The van der Waals surface area contributed by atoms with Gasteiger partial charge in [-0.2, -0.15) is 0 Å². The first-order chi connectivity index (χ1) is 7.85. The molecule has 0 aromatic rings. The van der Waals surface area contributed by atoms with Gasteiger partial charge in [-0.05, 0) is 11.8 Å². The summed E-state index contributed by atoms with van der Waals surface area (Å²) in [6.45, 7) is 16.6. The summed E-state index contributed by atoms with van der Waals surface area (Å²) in [6, 6.07) is 0.611. The molecule has 104 valence electrons. The first-order valence-electron chi connectivity index (χ1n) is 6.94. The molecule has 0 aromatic heterocycles. The summed E-state index contributed by atoms with van der Waals surface area (Å²) in [5.74, 6) is 1.35. The van der Waals surface area contributed by atoms with E-state index in [2.05, 4.69) is 51.8 Å². The van der Waals surface area contributed by atoms with Gasteiger partial charge in [0.1, 0.15) is 0 Å². The van der Waals surface area contributed by atoms with Gasteiger partial charge in [-0.3, -0.25) is 0 Å². The zero-order valence-corrected chi connectivity index (χ0v) is 12.5. The Labute approximate surface area is 108 Å². The lowest BCUT2D eigenvalue weighted by Crippen LogP contribution is -2.47. The Morgan fingerprint density at radius 3 is 1.65 bits per heavy atom. The van der Waals surface area contributed by atoms with E-state index in [-0.39, 0.29) is 12.6 Å². The number of nitrogens with zero attached hydrogens (tertiary/aromatic N) is 1. The van der Waals surface area contributed by atoms with Crippen LogP contribution in [0.3, 0.4) is 0 Å². The van der Waals surface area contributed by atoms with Gasteiger partial charge in [0.15, 0.2) is 0 Å². The quantitative estimate of drug-likeness (QED) is 0.651. The number of hydrogen-bond acceptors (Lipinski definition) is 3. The molecule has 0 aromatic carbocycles. The molecule has 0 amide bonds. The van der Waals surface area contributed by atoms with E-state index in [4.69, 9.17) is 0 Å². The molecule has 0 saturated heterocycles. The second-order valence-corrected chi connectivity index (χ2v) is 6.21. The van der Waals surface area contributed by atoms with Gasteiger partial charge >= 0.3 is 0 Å². The third kappa shape index (κ3) is 9.57. The molecule has 0 aliphatic heterocycles. The van der Waals surface area contributed by atoms with Gasteiger partial charge < -0.3 is 15.3 Å². The van der Waals surface area contributed by atoms with E-state index >= 15 is 0 Å². The Morgan fingerprint density at radius 2 is 1.35 bits per heavy atom. The molecule has 0 aliphatic carbocycles. The maximum absolute atomic E-state index is 9.40. The first kappa shape index (κ1) is 16.9. The molecule has 0 rings (SSSR count). The molecular weight excluding hydrogens is 212 g/mol. The molecule has 0 aliphatic rings. The predicted octanol–water partition coefficient (Wildman–Crippen LogP) is 1.96. The molecule has 0 heterocycles. The van der Waals surface area contributed by atoms with E-state index in [1.165, 1.54) is 0 Å². The van der Waals surface area contributed by atoms with Crippen molar-refractivity contribution in [2.75, 3.05) is 26.2 Å². The average Bonchev–Trinajstić information content (AvgIpc) is 2.13. The lowest BCUT2D eigenvalue weighted by atomic mass is 10.1. The fourth-order valence-electron chi connectivity index (χ4n) is 2.20. The molecule has 1 atom stereocenters. The number of aliphatic hydroxyl groups excluding tert-OH is 1. The van der Waals surface area contributed by atoms with Crippen molar-refractivity contribution in [3.05, 3.63) is 0 Å². The molecule has 0 bridgehead atoms. The van der Waals surface area contributed by atoms with E-state index in [1.807, 2.05) is 0 Å². The van der Waals surface area contributed by atoms with Gasteiger partial charge in [0, 0.05) is 31.7 Å². The third-order valence-corrected chi connectivity index (χ3v) is 2.51. The largest absolute Gasteiger partial charge is 0.395 e. The number of aliphatic hydroxyl groups is 1. The summed E-state index contributed by atoms with van der Waals surface area (Å²) in [4.78, 5) is 2.46. The maximum Gasteiger partial charge on any atom is 0.0597 e. The second-order valence-electron chi connectivity index (χ2n) is 6.21. The monoisotopic (exact) mass is 244 g/mol. The van der Waals surface area contributed by atoms with Gasteiger partial charge in [0.05, 0.1) is 6.61 Å². The van der Waals surface area contributed by atoms with Crippen LogP contribution < -0.4 is 5.32 Å². The molecule has 17 heavy (non-hydrogen) atoms. The van der Waals surface area contributed by atoms with Crippen LogP contribution >= 0.6 is 0 Å². The van der Waals surface area contributed by atoms with Crippen molar-refractivity contribution >= 4 is 0 Å². The van der Waals surface area contributed by atoms with Crippen LogP contribution in [0.1, 0.15) is 41.5 Å². The summed E-state index contributed by atoms with van der Waals surface area (Å²) in [5, 5.41) is 12.8. The molecule has 0 fully saturated rings. The summed E-state index contributed by atoms with van der Waals surface area (Å²) in [7, 11) is 0. The van der Waals surface area contributed by atoms with Crippen LogP contribution in [0.2, 0.25) is 0 Å². The van der Waals surface area contributed by atoms with E-state index in [0.717, 1.165) is 19.6 Å². The fourth-order valence-corrected chi connectivity index (χ4v) is 2.20. The van der Waals surface area contributed by atoms with Crippen molar-refractivity contribution in [3.63, 3.8) is 0 Å². The third-order valence-electron chi connectivity index (χ3n) is 2.51. The van der Waals surface area contributed by atoms with E-state index in [1.54, 1.807) is 0 Å². The Balaban J connectivity index is 4.26. The van der Waals surface area contributed by atoms with Crippen LogP contribution in [0, 0.1) is 11.8 Å². The molecule has 3 nitrogen and oxygen atoms in total. The minimum atomic E-state index is 0.187. The summed E-state index contributed by atoms with van der Waals surface area (Å²) < 4.78 is 0. The summed E-state index contributed by atoms with van der Waals surface area (Å²) in [5.41, 5.74) is 0. The van der Waals surface area contributed by atoms with Crippen LogP contribution in [0.15, 0.2) is 0 Å². The van der Waals surface area contributed by atoms with Crippen LogP contribution in [0.5, 0.6) is 0 Å². The molecular formula is C14H32N2O. The van der Waals surface area contributed by atoms with Gasteiger partial charge in [0.2, 0.25) is 0 Å². The SMILES string of the molecule is CC(C)CN(CC(C)C)CC(CO)NC(C)C. The second kappa shape index (κ2) is 8.90. The topological polar surface area (TPSA) is 35.5 Å². The van der Waals surface area contributed by atoms with Gasteiger partial charge in [-0.25, -0.2) is 0 Å². The smallest absolute Gasteiger partial charge is 0.0597 e. The number of hydrogen-bond donors (Lipinski definition) is 2. The zero-order chi connectivity index (χ0) is 13.4. The van der Waals surface area contributed by atoms with E-state index in [9.17, 15) is 5.11 Å². The zero-order valence-electron chi connectivity index (χ0n) is 12.5. The highest BCUT2D eigenvalue weighted by Gasteiger charge is 2.16. The molecule has 0 spiro atoms. The van der Waals surface area contributed by atoms with Crippen molar-refractivity contribution < 1.29 is 5.11 Å². The van der Waals surface area contributed by atoms with Crippen molar-refractivity contribution in [1.82, 2.24) is 10.2 Å². The van der Waals surface area contributed by atoms with Gasteiger partial charge in [-0.1, -0.05) is 41.5 Å². The average molecular weight is 244 g/mol. The molecule has 0 saturated carbocycles. The lowest BCUT2D eigenvalue weighted by molar-refractivity contribution is 0.154. The van der Waals surface area contributed by atoms with Crippen molar-refractivity contribution in [2.24, 2.45) is 11.8 Å². The van der Waals surface area contributed by atoms with Crippen LogP contribution in [-0.4, -0.2) is 48.3 Å². The molecule has 1 unspecified atom stereocenters. The van der Waals surface area contributed by atoms with Crippen LogP contribution in [-0.2, 0) is 0 Å². The van der Waals surface area contributed by atoms with Crippen molar-refractivity contribution in [1.29, 1.82) is 0 Å². The normalized spacial score (nSPS) is 14.3. The van der Waals surface area contributed by atoms with Crippen molar-refractivity contribution in [2.45, 2.75) is 53.6 Å². The Kier molecular flexibility index (Phi) is 8.83. The summed E-state index contributed by atoms with van der Waals surface area (Å²) in [6.07, 6.45) is 0. The highest BCUT2D eigenvalue weighted by atomic mass is 16.3. The molecule has 0 radical (unpaired) electrons. The summed E-state index contributed by atoms with van der Waals surface area (Å²) >= 11 is 0. The van der Waals surface area contributed by atoms with Crippen LogP contribution in [0.25, 0.3) is 0 Å². The minimum absolute atomic E-state index is 0.187. The highest BCUT2D eigenvalue weighted by molar-refractivity contribution is 4.74. The fraction of sp³-hybridized carbons (Fsp3) is 1.00. The highest BCUT2D eigenvalue weighted by Crippen LogP contribution is 2.05. The number of nitrogens with one attached hydrogen (secondary N) is 1. The molecule has 2 N–H and O–H groups in total. The minimum Gasteiger partial charge on any atom is -0.395 e. The predicted molar refractivity (Wildman–Crippen MR) is 75.3 cm³/mol. The van der Waals surface area contributed by atoms with E-state index < -0.39 is 0 Å². The number of rotatable bonds is 9. The lowest BCUT2D eigenvalue weighted by Gasteiger charge is -2.30. The first-order valence-corrected chi connectivity index (χ1v) is 6.94. The Morgan fingerprint density at radius 1 is 0.882 bits per heavy atom. The Bertz CT molecular complexity index is 171. The van der Waals surface area contributed by atoms with E-state index in [0.29, 0.717) is 17.9 Å². The van der Waals surface area contributed by atoms with Crippen molar-refractivity contribution in [3.8, 4) is 0 Å². The maximum atomic E-state index is 9.40. The Hall–Kier alpha value is -0.120. The standard InChI is InChI=1S/C14H32N2O/c1-11(2)7-16(8-12(3)4)9-14(10-17)15-13(5)6/h11-15,17H,7-10H2,1-6H3. The van der Waals surface area contributed by atoms with Crippen LogP contribution in [0.4, 0.5) is 0 Å². The molecule has 3 heteroatoms. The van der Waals surface area contributed by atoms with Gasteiger partial charge in [-0.15, -0.1) is 0 Å².